The average Bonchev–Trinajstić information content (AvgIpc) is 3.73. The van der Waals surface area contributed by atoms with Crippen LogP contribution in [0.4, 0.5) is 5.69 Å². The number of piperazine rings is 1. The highest BCUT2D eigenvalue weighted by molar-refractivity contribution is 7.94. The molecule has 0 amide bonds. The van der Waals surface area contributed by atoms with Crippen molar-refractivity contribution in [3.63, 3.8) is 0 Å². The van der Waals surface area contributed by atoms with Crippen LogP contribution in [0.1, 0.15) is 33.9 Å². The highest BCUT2D eigenvalue weighted by Gasteiger charge is 2.28. The third-order valence-electron chi connectivity index (χ3n) is 11.4. The number of carboxylic acids is 1. The maximum absolute atomic E-state index is 13.4. The first kappa shape index (κ1) is 40.7. The lowest BCUT2D eigenvalue weighted by Crippen LogP contribution is -2.44. The number of anilines is 1. The molecule has 310 valence electrons. The van der Waals surface area contributed by atoms with Crippen LogP contribution in [-0.2, 0) is 31.4 Å². The minimum Gasteiger partial charge on any atom is -0.493 e. The maximum atomic E-state index is 13.4. The van der Waals surface area contributed by atoms with E-state index in [1.54, 1.807) is 12.1 Å². The van der Waals surface area contributed by atoms with E-state index in [0.717, 1.165) is 101 Å². The van der Waals surface area contributed by atoms with Gasteiger partial charge in [-0.05, 0) is 75.1 Å². The molecule has 6 aromatic rings. The van der Waals surface area contributed by atoms with Gasteiger partial charge < -0.3 is 28.8 Å². The fraction of sp³-hybridized carbons (Fsp3) is 0.391. The van der Waals surface area contributed by atoms with Gasteiger partial charge in [0.1, 0.15) is 23.8 Å². The number of hydrogen-bond donors (Lipinski definition) is 1. The summed E-state index contributed by atoms with van der Waals surface area (Å²) in [5.74, 6) is 0.694. The summed E-state index contributed by atoms with van der Waals surface area (Å²) in [5, 5.41) is 19.0. The van der Waals surface area contributed by atoms with Gasteiger partial charge in [0, 0.05) is 99.1 Å². The van der Waals surface area contributed by atoms with Crippen LogP contribution in [0.15, 0.2) is 84.9 Å². The molecule has 0 atom stereocenters. The van der Waals surface area contributed by atoms with E-state index in [4.69, 9.17) is 19.3 Å². The Labute approximate surface area is 351 Å². The minimum absolute atomic E-state index is 0.307. The number of rotatable bonds is 16. The van der Waals surface area contributed by atoms with Gasteiger partial charge in [-0.25, -0.2) is 13.4 Å². The predicted octanol–water partition coefficient (Wildman–Crippen LogP) is 7.37. The number of benzene rings is 4. The molecule has 1 N–H and O–H groups in total. The highest BCUT2D eigenvalue weighted by Crippen LogP contribution is 2.39. The smallest absolute Gasteiger partial charge is 0.352 e. The van der Waals surface area contributed by atoms with E-state index >= 15 is 0 Å². The van der Waals surface area contributed by atoms with E-state index in [1.807, 2.05) is 65.7 Å². The monoisotopic (exact) mass is 817 g/mol. The summed E-state index contributed by atoms with van der Waals surface area (Å²) in [4.78, 5) is 18.1. The molecule has 0 unspecified atom stereocenters. The van der Waals surface area contributed by atoms with Crippen LogP contribution >= 0.6 is 12.1 Å². The summed E-state index contributed by atoms with van der Waals surface area (Å²) in [5.41, 5.74) is 6.98. The Morgan fingerprint density at radius 1 is 0.864 bits per heavy atom. The number of fused-ring (bicyclic) bond motifs is 2. The van der Waals surface area contributed by atoms with E-state index in [9.17, 15) is 9.90 Å². The molecule has 2 saturated heterocycles. The zero-order chi connectivity index (χ0) is 40.9. The number of para-hydroxylation sites is 1. The first-order chi connectivity index (χ1) is 28.7. The first-order valence-corrected chi connectivity index (χ1v) is 21.4. The van der Waals surface area contributed by atoms with Crippen molar-refractivity contribution in [1.29, 1.82) is 0 Å². The van der Waals surface area contributed by atoms with Gasteiger partial charge in [-0.3, -0.25) is 9.58 Å². The fourth-order valence-electron chi connectivity index (χ4n) is 8.61. The van der Waals surface area contributed by atoms with Gasteiger partial charge in [0.15, 0.2) is 0 Å². The van der Waals surface area contributed by atoms with Gasteiger partial charge in [-0.1, -0.05) is 54.6 Å². The first-order valence-electron chi connectivity index (χ1n) is 20.6. The summed E-state index contributed by atoms with van der Waals surface area (Å²) in [6, 6.07) is 28.9. The van der Waals surface area contributed by atoms with Crippen LogP contribution in [-0.4, -0.2) is 119 Å². The molecule has 59 heavy (non-hydrogen) atoms. The van der Waals surface area contributed by atoms with Crippen LogP contribution < -0.4 is 14.4 Å². The number of nitrogens with zero attached hydrogens (tertiary/aromatic N) is 7. The number of morpholine rings is 1. The molecule has 2 aliphatic heterocycles. The lowest BCUT2D eigenvalue weighted by atomic mass is 9.98. The SMILES string of the molecule is Cc1nn(C)c(COc2ccc(N3CCN(SN(C)C)CC3)cc2)c1-c1cccc2c(CCCOc3cccc4ccccc34)c(C(=O)O)n(CCN3CCOCC3)c12. The Hall–Kier alpha value is -5.05. The van der Waals surface area contributed by atoms with Crippen molar-refractivity contribution in [2.45, 2.75) is 32.9 Å². The molecule has 2 aromatic heterocycles. The van der Waals surface area contributed by atoms with Gasteiger partial charge in [0.05, 0.1) is 36.7 Å². The molecule has 0 bridgehead atoms. The standard InChI is InChI=1S/C46H55N7O5S/c1-33-43(41(49(4)47-33)32-58-36-19-17-35(18-20-36)51-22-24-52(25-23-51)59-48(2)3)40-14-8-13-38-39(15-9-29-57-42-16-7-11-34-10-5-6-12-37(34)42)45(46(54)55)53(44(38)40)26-21-50-27-30-56-31-28-50/h5-8,10-14,16-20H,9,15,21-32H2,1-4H3,(H,54,55). The Balaban J connectivity index is 1.07. The maximum Gasteiger partial charge on any atom is 0.352 e. The van der Waals surface area contributed by atoms with Crippen molar-refractivity contribution < 1.29 is 24.1 Å². The van der Waals surface area contributed by atoms with Gasteiger partial charge in [-0.15, -0.1) is 0 Å². The normalized spacial score (nSPS) is 15.4. The molecule has 0 saturated carbocycles. The third-order valence-corrected chi connectivity index (χ3v) is 12.3. The van der Waals surface area contributed by atoms with Gasteiger partial charge in [-0.2, -0.15) is 5.10 Å². The Morgan fingerprint density at radius 3 is 2.36 bits per heavy atom. The van der Waals surface area contributed by atoms with Gasteiger partial charge >= 0.3 is 5.97 Å². The van der Waals surface area contributed by atoms with Crippen molar-refractivity contribution in [3.05, 3.63) is 108 Å². The largest absolute Gasteiger partial charge is 0.493 e. The molecule has 13 heteroatoms. The number of ether oxygens (including phenoxy) is 3. The number of aromatic nitrogens is 3. The Morgan fingerprint density at radius 2 is 1.59 bits per heavy atom. The average molecular weight is 818 g/mol. The molecule has 2 aliphatic rings. The van der Waals surface area contributed by atoms with Crippen LogP contribution in [0, 0.1) is 6.92 Å². The predicted molar refractivity (Wildman–Crippen MR) is 237 cm³/mol. The Bertz CT molecular complexity index is 2370. The highest BCUT2D eigenvalue weighted by atomic mass is 32.2. The second kappa shape index (κ2) is 18.5. The molecule has 4 heterocycles. The second-order valence-corrected chi connectivity index (χ2v) is 16.9. The quantitative estimate of drug-likeness (QED) is 0.0783. The van der Waals surface area contributed by atoms with Crippen LogP contribution in [0.3, 0.4) is 0 Å². The molecule has 0 radical (unpaired) electrons. The lowest BCUT2D eigenvalue weighted by Gasteiger charge is -2.36. The number of aryl methyl sites for hydroxylation is 3. The molecular weight excluding hydrogens is 763 g/mol. The summed E-state index contributed by atoms with van der Waals surface area (Å²) in [6.45, 7) is 11.0. The fourth-order valence-corrected chi connectivity index (χ4v) is 9.40. The van der Waals surface area contributed by atoms with E-state index in [0.29, 0.717) is 58.1 Å². The zero-order valence-corrected chi connectivity index (χ0v) is 35.4. The molecule has 0 spiro atoms. The van der Waals surface area contributed by atoms with E-state index < -0.39 is 5.97 Å². The van der Waals surface area contributed by atoms with E-state index in [1.165, 1.54) is 5.69 Å². The number of carboxylic acid groups (broad SMARTS) is 1. The van der Waals surface area contributed by atoms with Crippen LogP contribution in [0.5, 0.6) is 11.5 Å². The molecular formula is C46H55N7O5S. The van der Waals surface area contributed by atoms with Gasteiger partial charge in [0.2, 0.25) is 0 Å². The Kier molecular flexibility index (Phi) is 12.7. The number of aromatic carboxylic acids is 1. The van der Waals surface area contributed by atoms with E-state index in [2.05, 4.69) is 75.0 Å². The van der Waals surface area contributed by atoms with Crippen molar-refractivity contribution in [2.24, 2.45) is 7.05 Å². The van der Waals surface area contributed by atoms with Crippen molar-refractivity contribution in [3.8, 4) is 22.6 Å². The number of carbonyl (C=O) groups is 1. The lowest BCUT2D eigenvalue weighted by molar-refractivity contribution is 0.0362. The molecule has 12 nitrogen and oxygen atoms in total. The molecule has 4 aromatic carbocycles. The van der Waals surface area contributed by atoms with Crippen LogP contribution in [0.25, 0.3) is 32.8 Å². The summed E-state index contributed by atoms with van der Waals surface area (Å²) in [7, 11) is 6.11. The summed E-state index contributed by atoms with van der Waals surface area (Å²) >= 11 is 1.77. The van der Waals surface area contributed by atoms with Crippen molar-refractivity contribution in [1.82, 2.24) is 27.9 Å². The van der Waals surface area contributed by atoms with Crippen LogP contribution in [0.2, 0.25) is 0 Å². The molecule has 8 rings (SSSR count). The zero-order valence-electron chi connectivity index (χ0n) is 34.6. The topological polar surface area (TPSA) is 101 Å². The second-order valence-electron chi connectivity index (χ2n) is 15.5. The molecule has 0 aliphatic carbocycles. The van der Waals surface area contributed by atoms with E-state index in [-0.39, 0.29) is 0 Å². The third kappa shape index (κ3) is 9.09. The van der Waals surface area contributed by atoms with Crippen molar-refractivity contribution in [2.75, 3.05) is 84.6 Å². The summed E-state index contributed by atoms with van der Waals surface area (Å²) < 4.78 is 26.9. The minimum atomic E-state index is -0.927. The van der Waals surface area contributed by atoms with Gasteiger partial charge in [0.25, 0.3) is 0 Å². The summed E-state index contributed by atoms with van der Waals surface area (Å²) in [6.07, 6.45) is 1.21. The molecule has 2 fully saturated rings. The number of hydrogen-bond acceptors (Lipinski definition) is 10. The van der Waals surface area contributed by atoms with Crippen molar-refractivity contribution >= 4 is 45.5 Å².